The third-order valence-electron chi connectivity index (χ3n) is 8.61. The standard InChI is InChI=1S/C21H26O3.C21H24O3/c2*1-21(2,3)19-10-8-16(9-11-19)18(13-22)12-15-4-6-17(7-5-15)20(24)14-23/h4-11,18,22-23H,12-14H2,1-3H3;4-11,13,18,23H,12,14H2,1-3H3. The molecular weight excluding hydrogens is 600 g/mol. The molecular formula is C42H50O6. The maximum atomic E-state index is 11.5. The number of aliphatic hydroxyl groups is 3. The van der Waals surface area contributed by atoms with Crippen molar-refractivity contribution in [3.8, 4) is 0 Å². The Hall–Kier alpha value is -4.23. The molecule has 4 aromatic rings. The summed E-state index contributed by atoms with van der Waals surface area (Å²) in [6.45, 7) is 12.1. The minimum atomic E-state index is -0.490. The monoisotopic (exact) mass is 650 g/mol. The van der Waals surface area contributed by atoms with Crippen molar-refractivity contribution < 1.29 is 29.7 Å². The topological polar surface area (TPSA) is 112 Å². The van der Waals surface area contributed by atoms with Crippen molar-refractivity contribution in [2.75, 3.05) is 19.8 Å². The normalized spacial score (nSPS) is 12.8. The number of carbonyl (C=O) groups is 3. The molecule has 4 rings (SSSR count). The highest BCUT2D eigenvalue weighted by molar-refractivity contribution is 5.97. The second kappa shape index (κ2) is 17.3. The van der Waals surface area contributed by atoms with E-state index in [0.29, 0.717) is 24.0 Å². The van der Waals surface area contributed by atoms with Gasteiger partial charge in [-0.05, 0) is 57.1 Å². The van der Waals surface area contributed by atoms with E-state index < -0.39 is 13.2 Å². The molecule has 0 aliphatic rings. The molecule has 0 spiro atoms. The lowest BCUT2D eigenvalue weighted by molar-refractivity contribution is -0.109. The first kappa shape index (κ1) is 38.2. The number of carbonyl (C=O) groups excluding carboxylic acids is 3. The number of ketones is 2. The molecule has 2 unspecified atom stereocenters. The third-order valence-corrected chi connectivity index (χ3v) is 8.61. The lowest BCUT2D eigenvalue weighted by Crippen LogP contribution is -2.12. The van der Waals surface area contributed by atoms with Crippen LogP contribution in [0.5, 0.6) is 0 Å². The van der Waals surface area contributed by atoms with Crippen molar-refractivity contribution in [3.05, 3.63) is 142 Å². The third kappa shape index (κ3) is 10.9. The second-order valence-corrected chi connectivity index (χ2v) is 14.3. The number of benzene rings is 4. The molecule has 0 aliphatic carbocycles. The first-order chi connectivity index (χ1) is 22.7. The largest absolute Gasteiger partial charge is 0.396 e. The van der Waals surface area contributed by atoms with Crippen LogP contribution in [-0.4, -0.2) is 53.0 Å². The van der Waals surface area contributed by atoms with Gasteiger partial charge in [-0.3, -0.25) is 9.59 Å². The summed E-state index contributed by atoms with van der Waals surface area (Å²) >= 11 is 0. The van der Waals surface area contributed by atoms with Gasteiger partial charge in [0.05, 0.1) is 6.61 Å². The van der Waals surface area contributed by atoms with Crippen molar-refractivity contribution in [3.63, 3.8) is 0 Å². The van der Waals surface area contributed by atoms with Gasteiger partial charge in [0.25, 0.3) is 0 Å². The molecule has 0 heterocycles. The predicted molar refractivity (Wildman–Crippen MR) is 192 cm³/mol. The number of hydrogen-bond donors (Lipinski definition) is 3. The maximum Gasteiger partial charge on any atom is 0.188 e. The SMILES string of the molecule is CC(C)(C)c1ccc(C(C=O)Cc2ccc(C(=O)CO)cc2)cc1.CC(C)(C)c1ccc(C(CO)Cc2ccc(C(=O)CO)cc2)cc1. The van der Waals surface area contributed by atoms with Crippen LogP contribution in [0.25, 0.3) is 0 Å². The number of rotatable bonds is 12. The van der Waals surface area contributed by atoms with E-state index in [-0.39, 0.29) is 40.8 Å². The highest BCUT2D eigenvalue weighted by atomic mass is 16.3. The first-order valence-electron chi connectivity index (χ1n) is 16.4. The Balaban J connectivity index is 0.000000260. The molecule has 0 fully saturated rings. The van der Waals surface area contributed by atoms with Gasteiger partial charge in [-0.25, -0.2) is 0 Å². The van der Waals surface area contributed by atoms with E-state index in [1.165, 1.54) is 11.1 Å². The molecule has 0 radical (unpaired) electrons. The Morgan fingerprint density at radius 1 is 0.562 bits per heavy atom. The minimum absolute atomic E-state index is 0.0263. The molecule has 2 atom stereocenters. The predicted octanol–water partition coefficient (Wildman–Crippen LogP) is 7.16. The molecule has 48 heavy (non-hydrogen) atoms. The van der Waals surface area contributed by atoms with E-state index in [2.05, 4.69) is 77.9 Å². The fraction of sp³-hybridized carbons (Fsp3) is 0.357. The van der Waals surface area contributed by atoms with Gasteiger partial charge in [0.15, 0.2) is 11.6 Å². The van der Waals surface area contributed by atoms with Crippen molar-refractivity contribution in [2.45, 2.75) is 77.0 Å². The molecule has 0 aromatic heterocycles. The van der Waals surface area contributed by atoms with Crippen LogP contribution in [0.4, 0.5) is 0 Å². The Labute approximate surface area is 285 Å². The van der Waals surface area contributed by atoms with Crippen molar-refractivity contribution in [2.24, 2.45) is 0 Å². The van der Waals surface area contributed by atoms with Gasteiger partial charge in [0.2, 0.25) is 0 Å². The molecule has 0 amide bonds. The van der Waals surface area contributed by atoms with Crippen LogP contribution in [0.2, 0.25) is 0 Å². The Morgan fingerprint density at radius 3 is 1.27 bits per heavy atom. The summed E-state index contributed by atoms with van der Waals surface area (Å²) < 4.78 is 0. The minimum Gasteiger partial charge on any atom is -0.396 e. The average Bonchev–Trinajstić information content (AvgIpc) is 3.09. The highest BCUT2D eigenvalue weighted by Crippen LogP contribution is 2.27. The summed E-state index contributed by atoms with van der Waals surface area (Å²) in [7, 11) is 0. The zero-order valence-corrected chi connectivity index (χ0v) is 29.1. The zero-order valence-electron chi connectivity index (χ0n) is 29.1. The Kier molecular flexibility index (Phi) is 13.7. The molecule has 0 aliphatic heterocycles. The zero-order chi connectivity index (χ0) is 35.5. The fourth-order valence-corrected chi connectivity index (χ4v) is 5.39. The van der Waals surface area contributed by atoms with Crippen molar-refractivity contribution in [1.29, 1.82) is 0 Å². The summed E-state index contributed by atoms with van der Waals surface area (Å²) in [6, 6.07) is 30.9. The van der Waals surface area contributed by atoms with E-state index in [4.69, 9.17) is 10.2 Å². The lowest BCUT2D eigenvalue weighted by atomic mass is 9.85. The molecule has 0 saturated carbocycles. The number of aliphatic hydroxyl groups excluding tert-OH is 3. The van der Waals surface area contributed by atoms with Gasteiger partial charge in [-0.15, -0.1) is 0 Å². The summed E-state index contributed by atoms with van der Waals surface area (Å²) in [5.41, 5.74) is 7.86. The molecule has 0 bridgehead atoms. The number of hydrogen-bond acceptors (Lipinski definition) is 6. The van der Waals surface area contributed by atoms with E-state index in [1.807, 2.05) is 36.4 Å². The summed E-state index contributed by atoms with van der Waals surface area (Å²) in [4.78, 5) is 34.4. The van der Waals surface area contributed by atoms with Crippen LogP contribution in [0.3, 0.4) is 0 Å². The smallest absolute Gasteiger partial charge is 0.188 e. The van der Waals surface area contributed by atoms with Crippen LogP contribution in [-0.2, 0) is 28.5 Å². The van der Waals surface area contributed by atoms with Gasteiger partial charge in [-0.2, -0.15) is 0 Å². The quantitative estimate of drug-likeness (QED) is 0.111. The van der Waals surface area contributed by atoms with E-state index in [1.54, 1.807) is 24.3 Å². The molecule has 4 aromatic carbocycles. The van der Waals surface area contributed by atoms with Crippen molar-refractivity contribution >= 4 is 17.9 Å². The van der Waals surface area contributed by atoms with Crippen LogP contribution in [0.15, 0.2) is 97.1 Å². The van der Waals surface area contributed by atoms with Crippen LogP contribution in [0.1, 0.15) is 107 Å². The van der Waals surface area contributed by atoms with E-state index >= 15 is 0 Å². The van der Waals surface area contributed by atoms with Crippen molar-refractivity contribution in [1.82, 2.24) is 0 Å². The van der Waals surface area contributed by atoms with Gasteiger partial charge >= 0.3 is 0 Å². The molecule has 0 saturated heterocycles. The van der Waals surface area contributed by atoms with Gasteiger partial charge in [0.1, 0.15) is 19.5 Å². The number of aldehydes is 1. The van der Waals surface area contributed by atoms with Gasteiger partial charge < -0.3 is 20.1 Å². The highest BCUT2D eigenvalue weighted by Gasteiger charge is 2.18. The number of Topliss-reactive ketones (excluding diaryl/α,β-unsaturated/α-hetero) is 2. The second-order valence-electron chi connectivity index (χ2n) is 14.3. The van der Waals surface area contributed by atoms with E-state index in [9.17, 15) is 19.5 Å². The average molecular weight is 651 g/mol. The van der Waals surface area contributed by atoms with Gasteiger partial charge in [0, 0.05) is 23.0 Å². The first-order valence-corrected chi connectivity index (χ1v) is 16.4. The Bertz CT molecular complexity index is 1610. The van der Waals surface area contributed by atoms with Crippen LogP contribution >= 0.6 is 0 Å². The molecule has 3 N–H and O–H groups in total. The van der Waals surface area contributed by atoms with Gasteiger partial charge in [-0.1, -0.05) is 139 Å². The van der Waals surface area contributed by atoms with Crippen LogP contribution in [0, 0.1) is 0 Å². The fourth-order valence-electron chi connectivity index (χ4n) is 5.39. The van der Waals surface area contributed by atoms with E-state index in [0.717, 1.165) is 28.5 Å². The molecule has 254 valence electrons. The molecule has 6 nitrogen and oxygen atoms in total. The lowest BCUT2D eigenvalue weighted by Gasteiger charge is -2.21. The Morgan fingerprint density at radius 2 is 0.938 bits per heavy atom. The van der Waals surface area contributed by atoms with Crippen LogP contribution < -0.4 is 0 Å². The maximum absolute atomic E-state index is 11.5. The summed E-state index contributed by atoms with van der Waals surface area (Å²) in [5.74, 6) is -0.763. The summed E-state index contributed by atoms with van der Waals surface area (Å²) in [6.07, 6.45) is 2.27. The molecule has 6 heteroatoms. The summed E-state index contributed by atoms with van der Waals surface area (Å²) in [5, 5.41) is 27.5.